The molecule has 1 heterocycles. The number of carbonyl (C=O) groups is 3. The monoisotopic (exact) mass is 346 g/mol. The lowest BCUT2D eigenvalue weighted by Crippen LogP contribution is -2.30. The maximum absolute atomic E-state index is 12.2. The number of Topliss-reactive ketones (excluding diaryl/α,β-unsaturated/α-hetero) is 1. The van der Waals surface area contributed by atoms with Crippen LogP contribution in [0.3, 0.4) is 0 Å². The SMILES string of the molecule is CC(=O)c1ccccc1NC(=O)[C@H](C)OC(=O)c1cc(Cl)ccn1. The van der Waals surface area contributed by atoms with Crippen molar-refractivity contribution >= 4 is 34.9 Å². The molecule has 0 saturated heterocycles. The normalized spacial score (nSPS) is 11.5. The van der Waals surface area contributed by atoms with Crippen molar-refractivity contribution in [3.63, 3.8) is 0 Å². The van der Waals surface area contributed by atoms with Gasteiger partial charge in [-0.2, -0.15) is 0 Å². The fourth-order valence-corrected chi connectivity index (χ4v) is 2.08. The molecule has 24 heavy (non-hydrogen) atoms. The van der Waals surface area contributed by atoms with E-state index in [9.17, 15) is 14.4 Å². The summed E-state index contributed by atoms with van der Waals surface area (Å²) in [5.41, 5.74) is 0.742. The number of benzene rings is 1. The van der Waals surface area contributed by atoms with Gasteiger partial charge in [0.1, 0.15) is 5.69 Å². The first-order chi connectivity index (χ1) is 11.4. The molecule has 1 atom stereocenters. The van der Waals surface area contributed by atoms with E-state index in [0.29, 0.717) is 16.3 Å². The molecule has 0 saturated carbocycles. The second-order valence-corrected chi connectivity index (χ2v) is 5.43. The van der Waals surface area contributed by atoms with E-state index >= 15 is 0 Å². The molecule has 1 aromatic heterocycles. The molecule has 0 radical (unpaired) electrons. The molecule has 6 nitrogen and oxygen atoms in total. The number of nitrogens with zero attached hydrogens (tertiary/aromatic N) is 1. The number of hydrogen-bond acceptors (Lipinski definition) is 5. The van der Waals surface area contributed by atoms with Crippen molar-refractivity contribution in [2.45, 2.75) is 20.0 Å². The Kier molecular flexibility index (Phi) is 5.65. The van der Waals surface area contributed by atoms with E-state index in [0.717, 1.165) is 0 Å². The van der Waals surface area contributed by atoms with Crippen LogP contribution in [-0.4, -0.2) is 28.7 Å². The molecule has 0 bridgehead atoms. The summed E-state index contributed by atoms with van der Waals surface area (Å²) in [5.74, 6) is -1.50. The van der Waals surface area contributed by atoms with Crippen LogP contribution in [0, 0.1) is 0 Å². The molecule has 0 aliphatic heterocycles. The van der Waals surface area contributed by atoms with Gasteiger partial charge in [-0.15, -0.1) is 0 Å². The zero-order valence-corrected chi connectivity index (χ0v) is 13.8. The highest BCUT2D eigenvalue weighted by molar-refractivity contribution is 6.30. The number of anilines is 1. The van der Waals surface area contributed by atoms with E-state index < -0.39 is 18.0 Å². The van der Waals surface area contributed by atoms with Gasteiger partial charge in [0.15, 0.2) is 11.9 Å². The summed E-state index contributed by atoms with van der Waals surface area (Å²) in [6.07, 6.45) is 0.297. The first kappa shape index (κ1) is 17.6. The van der Waals surface area contributed by atoms with Crippen LogP contribution in [0.1, 0.15) is 34.7 Å². The number of ketones is 1. The van der Waals surface area contributed by atoms with Gasteiger partial charge in [-0.05, 0) is 38.1 Å². The summed E-state index contributed by atoms with van der Waals surface area (Å²) in [6, 6.07) is 9.45. The molecule has 124 valence electrons. The van der Waals surface area contributed by atoms with E-state index in [4.69, 9.17) is 16.3 Å². The highest BCUT2D eigenvalue weighted by atomic mass is 35.5. The number of pyridine rings is 1. The molecule has 0 aliphatic rings. The fourth-order valence-electron chi connectivity index (χ4n) is 1.92. The maximum atomic E-state index is 12.2. The Morgan fingerprint density at radius 2 is 1.92 bits per heavy atom. The fraction of sp³-hybridized carbons (Fsp3) is 0.176. The lowest BCUT2D eigenvalue weighted by molar-refractivity contribution is -0.123. The number of para-hydroxylation sites is 1. The van der Waals surface area contributed by atoms with Gasteiger partial charge in [-0.1, -0.05) is 23.7 Å². The van der Waals surface area contributed by atoms with Crippen molar-refractivity contribution in [3.05, 3.63) is 58.9 Å². The summed E-state index contributed by atoms with van der Waals surface area (Å²) < 4.78 is 5.07. The Morgan fingerprint density at radius 1 is 1.21 bits per heavy atom. The van der Waals surface area contributed by atoms with Gasteiger partial charge in [-0.25, -0.2) is 9.78 Å². The Bertz CT molecular complexity index is 792. The zero-order chi connectivity index (χ0) is 17.7. The molecule has 0 unspecified atom stereocenters. The van der Waals surface area contributed by atoms with Crippen LogP contribution < -0.4 is 5.32 Å². The molecule has 2 rings (SSSR count). The molecule has 2 aromatic rings. The first-order valence-corrected chi connectivity index (χ1v) is 7.49. The third-order valence-electron chi connectivity index (χ3n) is 3.15. The van der Waals surface area contributed by atoms with Crippen molar-refractivity contribution in [3.8, 4) is 0 Å². The number of hydrogen-bond donors (Lipinski definition) is 1. The summed E-state index contributed by atoms with van der Waals surface area (Å²) in [7, 11) is 0. The molecule has 0 spiro atoms. The predicted octanol–water partition coefficient (Wildman–Crippen LogP) is 3.12. The number of rotatable bonds is 5. The van der Waals surface area contributed by atoms with Gasteiger partial charge in [0.2, 0.25) is 0 Å². The van der Waals surface area contributed by atoms with Crippen molar-refractivity contribution in [2.75, 3.05) is 5.32 Å². The number of carbonyl (C=O) groups excluding carboxylic acids is 3. The van der Waals surface area contributed by atoms with Gasteiger partial charge in [-0.3, -0.25) is 9.59 Å². The molecule has 1 aromatic carbocycles. The number of amides is 1. The predicted molar refractivity (Wildman–Crippen MR) is 89.2 cm³/mol. The summed E-state index contributed by atoms with van der Waals surface area (Å²) in [5, 5.41) is 2.91. The summed E-state index contributed by atoms with van der Waals surface area (Å²) >= 11 is 5.78. The van der Waals surface area contributed by atoms with Crippen LogP contribution in [0.5, 0.6) is 0 Å². The topological polar surface area (TPSA) is 85.4 Å². The maximum Gasteiger partial charge on any atom is 0.357 e. The molecular weight excluding hydrogens is 332 g/mol. The quantitative estimate of drug-likeness (QED) is 0.664. The van der Waals surface area contributed by atoms with Crippen LogP contribution in [0.2, 0.25) is 5.02 Å². The van der Waals surface area contributed by atoms with E-state index in [1.54, 1.807) is 24.3 Å². The molecule has 0 aliphatic carbocycles. The summed E-state index contributed by atoms with van der Waals surface area (Å²) in [6.45, 7) is 2.83. The van der Waals surface area contributed by atoms with Crippen LogP contribution in [0.4, 0.5) is 5.69 Å². The van der Waals surface area contributed by atoms with Crippen LogP contribution in [0.15, 0.2) is 42.6 Å². The molecule has 1 amide bonds. The van der Waals surface area contributed by atoms with Crippen molar-refractivity contribution in [2.24, 2.45) is 0 Å². The Balaban J connectivity index is 2.05. The van der Waals surface area contributed by atoms with Gasteiger partial charge in [0.05, 0.1) is 5.69 Å². The highest BCUT2D eigenvalue weighted by Crippen LogP contribution is 2.16. The number of aromatic nitrogens is 1. The minimum Gasteiger partial charge on any atom is -0.448 e. The highest BCUT2D eigenvalue weighted by Gasteiger charge is 2.21. The minimum atomic E-state index is -1.07. The third-order valence-corrected chi connectivity index (χ3v) is 3.38. The number of esters is 1. The molecule has 7 heteroatoms. The van der Waals surface area contributed by atoms with Crippen LogP contribution in [-0.2, 0) is 9.53 Å². The lowest BCUT2D eigenvalue weighted by Gasteiger charge is -2.14. The first-order valence-electron chi connectivity index (χ1n) is 7.12. The second kappa shape index (κ2) is 7.70. The number of nitrogens with one attached hydrogen (secondary N) is 1. The summed E-state index contributed by atoms with van der Waals surface area (Å²) in [4.78, 5) is 39.5. The van der Waals surface area contributed by atoms with E-state index in [2.05, 4.69) is 10.3 Å². The van der Waals surface area contributed by atoms with Crippen molar-refractivity contribution in [1.29, 1.82) is 0 Å². The number of ether oxygens (including phenoxy) is 1. The third kappa shape index (κ3) is 4.39. The number of halogens is 1. The minimum absolute atomic E-state index is 0.00582. The average Bonchev–Trinajstić information content (AvgIpc) is 2.55. The molecule has 0 fully saturated rings. The van der Waals surface area contributed by atoms with Gasteiger partial charge in [0, 0.05) is 16.8 Å². The zero-order valence-electron chi connectivity index (χ0n) is 13.1. The molecular formula is C17H15ClN2O4. The largest absolute Gasteiger partial charge is 0.448 e. The van der Waals surface area contributed by atoms with Crippen LogP contribution >= 0.6 is 11.6 Å². The van der Waals surface area contributed by atoms with Gasteiger partial charge >= 0.3 is 5.97 Å². The average molecular weight is 347 g/mol. The Labute approximate surface area is 143 Å². The standard InChI is InChI=1S/C17H15ClN2O4/c1-10(21)13-5-3-4-6-14(13)20-16(22)11(2)24-17(23)15-9-12(18)7-8-19-15/h3-9,11H,1-2H3,(H,20,22)/t11-/m0/s1. The lowest BCUT2D eigenvalue weighted by atomic mass is 10.1. The van der Waals surface area contributed by atoms with Crippen molar-refractivity contribution < 1.29 is 19.1 Å². The van der Waals surface area contributed by atoms with E-state index in [1.807, 2.05) is 0 Å². The van der Waals surface area contributed by atoms with E-state index in [1.165, 1.54) is 32.2 Å². The van der Waals surface area contributed by atoms with Gasteiger partial charge < -0.3 is 10.1 Å². The molecule has 1 N–H and O–H groups in total. The second-order valence-electron chi connectivity index (χ2n) is 5.00. The Hall–Kier alpha value is -2.73. The smallest absolute Gasteiger partial charge is 0.357 e. The van der Waals surface area contributed by atoms with E-state index in [-0.39, 0.29) is 11.5 Å². The van der Waals surface area contributed by atoms with Crippen LogP contribution in [0.25, 0.3) is 0 Å². The van der Waals surface area contributed by atoms with Crippen molar-refractivity contribution in [1.82, 2.24) is 4.98 Å². The Morgan fingerprint density at radius 3 is 2.58 bits per heavy atom. The van der Waals surface area contributed by atoms with Gasteiger partial charge in [0.25, 0.3) is 5.91 Å².